The van der Waals surface area contributed by atoms with Crippen LogP contribution < -0.4 is 10.1 Å². The molecule has 1 amide bonds. The van der Waals surface area contributed by atoms with Gasteiger partial charge in [-0.3, -0.25) is 4.79 Å². The number of anilines is 1. The van der Waals surface area contributed by atoms with Crippen LogP contribution in [0.4, 0.5) is 5.00 Å². The molecule has 8 nitrogen and oxygen atoms in total. The lowest BCUT2D eigenvalue weighted by Gasteiger charge is -2.07. The van der Waals surface area contributed by atoms with E-state index in [4.69, 9.17) is 18.9 Å². The van der Waals surface area contributed by atoms with E-state index in [1.165, 1.54) is 7.11 Å². The Balaban J connectivity index is 2.22. The summed E-state index contributed by atoms with van der Waals surface area (Å²) in [5.74, 6) is -0.835. The summed E-state index contributed by atoms with van der Waals surface area (Å²) < 4.78 is 20.2. The molecule has 1 heterocycles. The molecule has 1 N–H and O–H groups in total. The molecule has 162 valence electrons. The van der Waals surface area contributed by atoms with Crippen LogP contribution in [0.15, 0.2) is 24.3 Å². The molecule has 0 bridgehead atoms. The molecule has 9 heteroatoms. The SMILES string of the molecule is CCOC(=O)c1c(NC(=O)Cc2ccc(OC)cc2)sc(C(=O)OCCOC)c1C. The highest BCUT2D eigenvalue weighted by molar-refractivity contribution is 7.18. The van der Waals surface area contributed by atoms with Crippen molar-refractivity contribution in [1.29, 1.82) is 0 Å². The summed E-state index contributed by atoms with van der Waals surface area (Å²) in [6.07, 6.45) is 0.0941. The molecule has 0 aliphatic heterocycles. The number of hydrogen-bond acceptors (Lipinski definition) is 8. The Morgan fingerprint density at radius 2 is 1.70 bits per heavy atom. The predicted octanol–water partition coefficient (Wildman–Crippen LogP) is 3.23. The monoisotopic (exact) mass is 435 g/mol. The first-order valence-corrected chi connectivity index (χ1v) is 10.1. The van der Waals surface area contributed by atoms with Crippen LogP contribution in [0.3, 0.4) is 0 Å². The van der Waals surface area contributed by atoms with Gasteiger partial charge in [0.1, 0.15) is 22.2 Å². The van der Waals surface area contributed by atoms with Crippen molar-refractivity contribution in [2.24, 2.45) is 0 Å². The molecular formula is C21H25NO7S. The van der Waals surface area contributed by atoms with Gasteiger partial charge in [0.25, 0.3) is 0 Å². The second kappa shape index (κ2) is 11.3. The molecule has 0 atom stereocenters. The minimum Gasteiger partial charge on any atom is -0.497 e. The normalized spacial score (nSPS) is 10.4. The fraction of sp³-hybridized carbons (Fsp3) is 0.381. The van der Waals surface area contributed by atoms with Crippen LogP contribution >= 0.6 is 11.3 Å². The van der Waals surface area contributed by atoms with Crippen LogP contribution in [0.25, 0.3) is 0 Å². The third-order valence-electron chi connectivity index (χ3n) is 4.11. The van der Waals surface area contributed by atoms with Gasteiger partial charge in [-0.2, -0.15) is 0 Å². The molecule has 0 saturated carbocycles. The Kier molecular flexibility index (Phi) is 8.82. The zero-order valence-electron chi connectivity index (χ0n) is 17.4. The number of carbonyl (C=O) groups excluding carboxylic acids is 3. The maximum Gasteiger partial charge on any atom is 0.348 e. The molecule has 1 aromatic carbocycles. The average Bonchev–Trinajstić information content (AvgIpc) is 3.04. The van der Waals surface area contributed by atoms with E-state index in [1.54, 1.807) is 45.2 Å². The van der Waals surface area contributed by atoms with Gasteiger partial charge in [-0.15, -0.1) is 11.3 Å². The van der Waals surface area contributed by atoms with Crippen LogP contribution in [-0.4, -0.2) is 51.9 Å². The first kappa shape index (κ1) is 23.4. The predicted molar refractivity (Wildman–Crippen MR) is 112 cm³/mol. The zero-order valence-corrected chi connectivity index (χ0v) is 18.2. The molecule has 0 spiro atoms. The Hall–Kier alpha value is -2.91. The van der Waals surface area contributed by atoms with Crippen molar-refractivity contribution >= 4 is 34.2 Å². The molecule has 2 rings (SSSR count). The van der Waals surface area contributed by atoms with Gasteiger partial charge in [0.05, 0.1) is 32.3 Å². The molecule has 0 aliphatic rings. The summed E-state index contributed by atoms with van der Waals surface area (Å²) in [6.45, 7) is 3.81. The van der Waals surface area contributed by atoms with Crippen molar-refractivity contribution in [2.75, 3.05) is 39.4 Å². The van der Waals surface area contributed by atoms with Gasteiger partial charge in [0.15, 0.2) is 0 Å². The molecule has 0 aliphatic carbocycles. The fourth-order valence-electron chi connectivity index (χ4n) is 2.63. The number of amides is 1. The number of methoxy groups -OCH3 is 2. The van der Waals surface area contributed by atoms with Gasteiger partial charge < -0.3 is 24.3 Å². The smallest absolute Gasteiger partial charge is 0.348 e. The van der Waals surface area contributed by atoms with Gasteiger partial charge in [-0.05, 0) is 37.1 Å². The summed E-state index contributed by atoms with van der Waals surface area (Å²) in [5, 5.41) is 2.98. The van der Waals surface area contributed by atoms with Crippen molar-refractivity contribution in [3.8, 4) is 5.75 Å². The van der Waals surface area contributed by atoms with E-state index in [0.29, 0.717) is 11.3 Å². The molecule has 0 radical (unpaired) electrons. The van der Waals surface area contributed by atoms with Crippen LogP contribution in [0, 0.1) is 6.92 Å². The van der Waals surface area contributed by atoms with Gasteiger partial charge >= 0.3 is 11.9 Å². The highest BCUT2D eigenvalue weighted by Gasteiger charge is 2.27. The first-order chi connectivity index (χ1) is 14.4. The molecule has 0 unspecified atom stereocenters. The van der Waals surface area contributed by atoms with Crippen molar-refractivity contribution in [3.63, 3.8) is 0 Å². The average molecular weight is 435 g/mol. The molecule has 0 fully saturated rings. The molecular weight excluding hydrogens is 410 g/mol. The van der Waals surface area contributed by atoms with Crippen molar-refractivity contribution < 1.29 is 33.3 Å². The van der Waals surface area contributed by atoms with Crippen LogP contribution in [-0.2, 0) is 25.4 Å². The maximum atomic E-state index is 12.5. The molecule has 1 aromatic heterocycles. The summed E-state index contributed by atoms with van der Waals surface area (Å²) in [4.78, 5) is 37.6. The zero-order chi connectivity index (χ0) is 22.1. The number of nitrogens with one attached hydrogen (secondary N) is 1. The summed E-state index contributed by atoms with van der Waals surface area (Å²) in [5.41, 5.74) is 1.34. The maximum absolute atomic E-state index is 12.5. The first-order valence-electron chi connectivity index (χ1n) is 9.30. The molecule has 2 aromatic rings. The molecule has 0 saturated heterocycles. The second-order valence-corrected chi connectivity index (χ2v) is 7.20. The van der Waals surface area contributed by atoms with Crippen LogP contribution in [0.5, 0.6) is 5.75 Å². The number of benzene rings is 1. The number of rotatable bonds is 10. The van der Waals surface area contributed by atoms with E-state index in [0.717, 1.165) is 16.9 Å². The van der Waals surface area contributed by atoms with E-state index in [-0.39, 0.29) is 47.6 Å². The Morgan fingerprint density at radius 1 is 1.00 bits per heavy atom. The van der Waals surface area contributed by atoms with Crippen molar-refractivity contribution in [1.82, 2.24) is 0 Å². The highest BCUT2D eigenvalue weighted by atomic mass is 32.1. The lowest BCUT2D eigenvalue weighted by molar-refractivity contribution is -0.115. The van der Waals surface area contributed by atoms with E-state index in [2.05, 4.69) is 5.32 Å². The number of thiophene rings is 1. The van der Waals surface area contributed by atoms with Crippen molar-refractivity contribution in [2.45, 2.75) is 20.3 Å². The Bertz CT molecular complexity index is 890. The Morgan fingerprint density at radius 3 is 2.30 bits per heavy atom. The number of esters is 2. The number of carbonyl (C=O) groups is 3. The quantitative estimate of drug-likeness (QED) is 0.452. The van der Waals surface area contributed by atoms with Gasteiger partial charge in [-0.1, -0.05) is 12.1 Å². The van der Waals surface area contributed by atoms with E-state index < -0.39 is 11.9 Å². The largest absolute Gasteiger partial charge is 0.497 e. The van der Waals surface area contributed by atoms with E-state index in [1.807, 2.05) is 0 Å². The highest BCUT2D eigenvalue weighted by Crippen LogP contribution is 2.34. The molecule has 30 heavy (non-hydrogen) atoms. The summed E-state index contributed by atoms with van der Waals surface area (Å²) >= 11 is 0.983. The number of ether oxygens (including phenoxy) is 4. The van der Waals surface area contributed by atoms with Crippen molar-refractivity contribution in [3.05, 3.63) is 45.8 Å². The lowest BCUT2D eigenvalue weighted by atomic mass is 10.1. The third kappa shape index (κ3) is 6.04. The van der Waals surface area contributed by atoms with E-state index >= 15 is 0 Å². The Labute approximate surface area is 179 Å². The topological polar surface area (TPSA) is 100 Å². The van der Waals surface area contributed by atoms with E-state index in [9.17, 15) is 14.4 Å². The lowest BCUT2D eigenvalue weighted by Crippen LogP contribution is -2.16. The minimum atomic E-state index is -0.609. The summed E-state index contributed by atoms with van der Waals surface area (Å²) in [7, 11) is 3.06. The van der Waals surface area contributed by atoms with Gasteiger partial charge in [-0.25, -0.2) is 9.59 Å². The summed E-state index contributed by atoms with van der Waals surface area (Å²) in [6, 6.07) is 7.08. The standard InChI is InChI=1S/C21H25NO7S/c1-5-28-20(24)17-13(2)18(21(25)29-11-10-26-3)30-19(17)22-16(23)12-14-6-8-15(27-4)9-7-14/h6-9H,5,10-12H2,1-4H3,(H,22,23). The van der Waals surface area contributed by atoms with Gasteiger partial charge in [0, 0.05) is 7.11 Å². The minimum absolute atomic E-state index is 0.0839. The van der Waals surface area contributed by atoms with Crippen LogP contribution in [0.2, 0.25) is 0 Å². The second-order valence-electron chi connectivity index (χ2n) is 6.18. The third-order valence-corrected chi connectivity index (χ3v) is 5.30. The fourth-order valence-corrected chi connectivity index (χ4v) is 3.73. The van der Waals surface area contributed by atoms with Gasteiger partial charge in [0.2, 0.25) is 5.91 Å². The van der Waals surface area contributed by atoms with Crippen LogP contribution in [0.1, 0.15) is 38.1 Å². The number of hydrogen-bond donors (Lipinski definition) is 1.